The van der Waals surface area contributed by atoms with E-state index in [1.807, 2.05) is 34.6 Å². The molecule has 0 saturated carbocycles. The minimum atomic E-state index is -0.183. The predicted octanol–water partition coefficient (Wildman–Crippen LogP) is 6.00. The van der Waals surface area contributed by atoms with Gasteiger partial charge >= 0.3 is 0 Å². The Morgan fingerprint density at radius 2 is 1.71 bits per heavy atom. The van der Waals surface area contributed by atoms with Crippen LogP contribution in [0, 0.1) is 12.7 Å². The number of hydrogen-bond acceptors (Lipinski definition) is 0. The molecule has 0 N–H and O–H groups in total. The lowest BCUT2D eigenvalue weighted by Crippen LogP contribution is -1.89. The molecule has 0 heterocycles. The molecule has 0 fully saturated rings. The van der Waals surface area contributed by atoms with E-state index in [-0.39, 0.29) is 5.82 Å². The van der Waals surface area contributed by atoms with Gasteiger partial charge in [-0.1, -0.05) is 53.7 Å². The molecule has 1 rings (SSSR count). The molecule has 1 heteroatoms. The quantitative estimate of drug-likeness (QED) is 0.606. The summed E-state index contributed by atoms with van der Waals surface area (Å²) in [5.74, 6) is -0.183. The Labute approximate surface area is 107 Å². The van der Waals surface area contributed by atoms with Crippen molar-refractivity contribution in [1.82, 2.24) is 0 Å². The number of aryl methyl sites for hydroxylation is 1. The summed E-state index contributed by atoms with van der Waals surface area (Å²) in [7, 11) is 0. The van der Waals surface area contributed by atoms with Crippen molar-refractivity contribution < 1.29 is 4.39 Å². The van der Waals surface area contributed by atoms with Gasteiger partial charge in [-0.15, -0.1) is 0 Å². The molecule has 0 amide bonds. The Bertz CT molecular complexity index is 313. The Morgan fingerprint density at radius 1 is 1.18 bits per heavy atom. The van der Waals surface area contributed by atoms with Crippen LogP contribution in [-0.4, -0.2) is 0 Å². The van der Waals surface area contributed by atoms with Gasteiger partial charge in [0.05, 0.1) is 0 Å². The molecule has 0 saturated heterocycles. The number of allylic oxidation sites excluding steroid dienone is 1. The molecule has 98 valence electrons. The monoisotopic (exact) mass is 238 g/mol. The largest absolute Gasteiger partial charge is 0.207 e. The summed E-state index contributed by atoms with van der Waals surface area (Å²) in [6.45, 7) is 16.0. The Morgan fingerprint density at radius 3 is 2.18 bits per heavy atom. The van der Waals surface area contributed by atoms with E-state index in [4.69, 9.17) is 0 Å². The van der Waals surface area contributed by atoms with E-state index in [9.17, 15) is 4.39 Å². The van der Waals surface area contributed by atoms with Crippen molar-refractivity contribution in [3.63, 3.8) is 0 Å². The van der Waals surface area contributed by atoms with Gasteiger partial charge in [0, 0.05) is 0 Å². The van der Waals surface area contributed by atoms with E-state index in [0.717, 1.165) is 29.5 Å². The fourth-order valence-corrected chi connectivity index (χ4v) is 1.41. The normalized spacial score (nSPS) is 8.41. The number of rotatable bonds is 3. The summed E-state index contributed by atoms with van der Waals surface area (Å²) in [5.41, 5.74) is 3.08. The molecule has 17 heavy (non-hydrogen) atoms. The van der Waals surface area contributed by atoms with Crippen molar-refractivity contribution in [3.8, 4) is 0 Å². The smallest absolute Gasteiger partial charge is 0.123 e. The second-order valence-corrected chi connectivity index (χ2v) is 3.31. The van der Waals surface area contributed by atoms with Crippen LogP contribution < -0.4 is 0 Å². The van der Waals surface area contributed by atoms with Crippen molar-refractivity contribution in [1.29, 1.82) is 0 Å². The summed E-state index contributed by atoms with van der Waals surface area (Å²) < 4.78 is 12.9. The minimum Gasteiger partial charge on any atom is -0.207 e. The molecular weight excluding hydrogens is 211 g/mol. The van der Waals surface area contributed by atoms with Crippen molar-refractivity contribution in [2.24, 2.45) is 0 Å². The third kappa shape index (κ3) is 6.93. The average Bonchev–Trinajstić information content (AvgIpc) is 2.37. The number of halogens is 1. The molecule has 0 aliphatic rings. The van der Waals surface area contributed by atoms with E-state index in [0.29, 0.717) is 0 Å². The highest BCUT2D eigenvalue weighted by Gasteiger charge is 2.03. The Balaban J connectivity index is 0. The SMILES string of the molecule is C=C(CCC)c1cc(F)ccc1C.CC.CC. The van der Waals surface area contributed by atoms with E-state index < -0.39 is 0 Å². The zero-order valence-electron chi connectivity index (χ0n) is 12.2. The molecule has 0 unspecified atom stereocenters. The fraction of sp³-hybridized carbons (Fsp3) is 0.500. The van der Waals surface area contributed by atoms with Crippen LogP contribution in [0.5, 0.6) is 0 Å². The first-order chi connectivity index (χ1) is 8.15. The van der Waals surface area contributed by atoms with Gasteiger partial charge in [-0.25, -0.2) is 4.39 Å². The highest BCUT2D eigenvalue weighted by molar-refractivity contribution is 5.66. The van der Waals surface area contributed by atoms with Crippen LogP contribution in [0.25, 0.3) is 5.57 Å². The minimum absolute atomic E-state index is 0.183. The van der Waals surface area contributed by atoms with Gasteiger partial charge in [0.1, 0.15) is 5.82 Å². The lowest BCUT2D eigenvalue weighted by molar-refractivity contribution is 0.626. The van der Waals surface area contributed by atoms with Gasteiger partial charge in [0.2, 0.25) is 0 Å². The maximum Gasteiger partial charge on any atom is 0.123 e. The number of hydrogen-bond donors (Lipinski definition) is 0. The molecule has 0 atom stereocenters. The molecule has 0 aromatic heterocycles. The average molecular weight is 238 g/mol. The highest BCUT2D eigenvalue weighted by atomic mass is 19.1. The third-order valence-corrected chi connectivity index (χ3v) is 2.13. The van der Waals surface area contributed by atoms with Crippen LogP contribution in [0.4, 0.5) is 4.39 Å². The summed E-state index contributed by atoms with van der Waals surface area (Å²) in [6, 6.07) is 4.84. The lowest BCUT2D eigenvalue weighted by atomic mass is 9.98. The van der Waals surface area contributed by atoms with Crippen molar-refractivity contribution >= 4 is 5.57 Å². The molecule has 0 aliphatic carbocycles. The topological polar surface area (TPSA) is 0 Å². The molecule has 0 bridgehead atoms. The zero-order valence-corrected chi connectivity index (χ0v) is 12.2. The molecule has 0 radical (unpaired) electrons. The van der Waals surface area contributed by atoms with Gasteiger partial charge in [-0.3, -0.25) is 0 Å². The van der Waals surface area contributed by atoms with E-state index in [1.54, 1.807) is 12.1 Å². The van der Waals surface area contributed by atoms with Gasteiger partial charge < -0.3 is 0 Å². The van der Waals surface area contributed by atoms with Gasteiger partial charge in [0.25, 0.3) is 0 Å². The first kappa shape index (κ1) is 18.3. The molecule has 1 aromatic rings. The van der Waals surface area contributed by atoms with Crippen molar-refractivity contribution in [3.05, 3.63) is 41.7 Å². The summed E-state index contributed by atoms with van der Waals surface area (Å²) in [6.07, 6.45) is 1.99. The molecule has 0 nitrogen and oxygen atoms in total. The maximum absolute atomic E-state index is 12.9. The Kier molecular flexibility index (Phi) is 12.2. The highest BCUT2D eigenvalue weighted by Crippen LogP contribution is 2.22. The Hall–Kier alpha value is -1.11. The molecule has 0 aliphatic heterocycles. The standard InChI is InChI=1S/C12H15F.2C2H6/c1-4-5-9(2)12-8-11(13)7-6-10(12)3;2*1-2/h6-8H,2,4-5H2,1,3H3;2*1-2H3. The summed E-state index contributed by atoms with van der Waals surface area (Å²) in [4.78, 5) is 0. The van der Waals surface area contributed by atoms with Crippen LogP contribution in [0.1, 0.15) is 58.6 Å². The van der Waals surface area contributed by atoms with Crippen LogP contribution >= 0.6 is 0 Å². The molecular formula is C16H27F. The number of benzene rings is 1. The summed E-state index contributed by atoms with van der Waals surface area (Å²) in [5, 5.41) is 0. The van der Waals surface area contributed by atoms with Gasteiger partial charge in [0.15, 0.2) is 0 Å². The van der Waals surface area contributed by atoms with E-state index in [2.05, 4.69) is 13.5 Å². The second kappa shape index (κ2) is 11.4. The van der Waals surface area contributed by atoms with Gasteiger partial charge in [-0.05, 0) is 42.2 Å². The van der Waals surface area contributed by atoms with Crippen LogP contribution in [0.2, 0.25) is 0 Å². The second-order valence-electron chi connectivity index (χ2n) is 3.31. The van der Waals surface area contributed by atoms with Crippen LogP contribution in [0.15, 0.2) is 24.8 Å². The van der Waals surface area contributed by atoms with Crippen LogP contribution in [0.3, 0.4) is 0 Å². The van der Waals surface area contributed by atoms with Gasteiger partial charge in [-0.2, -0.15) is 0 Å². The first-order valence-corrected chi connectivity index (χ1v) is 6.59. The maximum atomic E-state index is 12.9. The molecule has 1 aromatic carbocycles. The third-order valence-electron chi connectivity index (χ3n) is 2.13. The first-order valence-electron chi connectivity index (χ1n) is 6.59. The lowest BCUT2D eigenvalue weighted by Gasteiger charge is -2.07. The van der Waals surface area contributed by atoms with Crippen molar-refractivity contribution in [2.75, 3.05) is 0 Å². The van der Waals surface area contributed by atoms with E-state index in [1.165, 1.54) is 6.07 Å². The molecule has 0 spiro atoms. The van der Waals surface area contributed by atoms with Crippen LogP contribution in [-0.2, 0) is 0 Å². The fourth-order valence-electron chi connectivity index (χ4n) is 1.41. The summed E-state index contributed by atoms with van der Waals surface area (Å²) >= 11 is 0. The zero-order chi connectivity index (χ0) is 13.8. The predicted molar refractivity (Wildman–Crippen MR) is 77.8 cm³/mol. The van der Waals surface area contributed by atoms with E-state index >= 15 is 0 Å². The van der Waals surface area contributed by atoms with Crippen molar-refractivity contribution in [2.45, 2.75) is 54.4 Å².